The van der Waals surface area contributed by atoms with Crippen LogP contribution in [-0.4, -0.2) is 17.1 Å². The van der Waals surface area contributed by atoms with Gasteiger partial charge >= 0.3 is 5.97 Å². The molecule has 0 bridgehead atoms. The molecule has 2 aromatic rings. The third-order valence-corrected chi connectivity index (χ3v) is 4.35. The first-order valence-electron chi connectivity index (χ1n) is 6.69. The molecule has 2 unspecified atom stereocenters. The fourth-order valence-corrected chi connectivity index (χ4v) is 3.44. The molecule has 3 nitrogen and oxygen atoms in total. The lowest BCUT2D eigenvalue weighted by Crippen LogP contribution is -2.35. The standard InChI is InChI=1S/C16H12Cl2FNO2/c17-9-5-12(18)15-11(8-1-3-10(19)4-2-8)7-14(16(21)22)20-13(15)6-9/h1-6,11,14,20H,7H2,(H,21,22). The van der Waals surface area contributed by atoms with Gasteiger partial charge in [-0.3, -0.25) is 0 Å². The number of benzene rings is 2. The Balaban J connectivity index is 2.13. The molecule has 6 heteroatoms. The van der Waals surface area contributed by atoms with Crippen molar-refractivity contribution >= 4 is 34.9 Å². The van der Waals surface area contributed by atoms with Crippen LogP contribution in [-0.2, 0) is 4.79 Å². The maximum atomic E-state index is 13.1. The number of hydrogen-bond acceptors (Lipinski definition) is 2. The van der Waals surface area contributed by atoms with Crippen LogP contribution < -0.4 is 5.32 Å². The number of carbonyl (C=O) groups is 1. The Bertz CT molecular complexity index is 734. The number of hydrogen-bond donors (Lipinski definition) is 2. The molecule has 2 N–H and O–H groups in total. The first kappa shape index (κ1) is 15.1. The van der Waals surface area contributed by atoms with Crippen molar-refractivity contribution in [2.24, 2.45) is 0 Å². The number of halogens is 3. The average Bonchev–Trinajstić information content (AvgIpc) is 2.46. The highest BCUT2D eigenvalue weighted by Gasteiger charge is 2.33. The van der Waals surface area contributed by atoms with Gasteiger partial charge < -0.3 is 10.4 Å². The van der Waals surface area contributed by atoms with E-state index in [0.717, 1.165) is 11.1 Å². The summed E-state index contributed by atoms with van der Waals surface area (Å²) in [5, 5.41) is 13.2. The molecule has 114 valence electrons. The molecule has 1 aliphatic heterocycles. The van der Waals surface area contributed by atoms with Gasteiger partial charge in [0.05, 0.1) is 0 Å². The largest absolute Gasteiger partial charge is 0.480 e. The van der Waals surface area contributed by atoms with E-state index in [1.807, 2.05) is 0 Å². The first-order chi connectivity index (χ1) is 10.5. The molecule has 0 radical (unpaired) electrons. The van der Waals surface area contributed by atoms with Crippen LogP contribution in [0.1, 0.15) is 23.5 Å². The van der Waals surface area contributed by atoms with Crippen LogP contribution in [0.15, 0.2) is 36.4 Å². The molecule has 2 aromatic carbocycles. The Morgan fingerprint density at radius 2 is 1.91 bits per heavy atom. The molecule has 0 spiro atoms. The summed E-state index contributed by atoms with van der Waals surface area (Å²) in [4.78, 5) is 11.4. The Labute approximate surface area is 136 Å². The average molecular weight is 340 g/mol. The van der Waals surface area contributed by atoms with Gasteiger partial charge in [-0.2, -0.15) is 0 Å². The number of carboxylic acids is 1. The smallest absolute Gasteiger partial charge is 0.326 e. The normalized spacial score (nSPS) is 20.1. The van der Waals surface area contributed by atoms with Crippen LogP contribution in [0.5, 0.6) is 0 Å². The van der Waals surface area contributed by atoms with E-state index < -0.39 is 12.0 Å². The molecule has 22 heavy (non-hydrogen) atoms. The molecule has 0 amide bonds. The van der Waals surface area contributed by atoms with Crippen molar-refractivity contribution < 1.29 is 14.3 Å². The van der Waals surface area contributed by atoms with Crippen LogP contribution in [0.3, 0.4) is 0 Å². The number of anilines is 1. The van der Waals surface area contributed by atoms with E-state index in [-0.39, 0.29) is 11.7 Å². The highest BCUT2D eigenvalue weighted by molar-refractivity contribution is 6.35. The fourth-order valence-electron chi connectivity index (χ4n) is 2.82. The molecule has 2 atom stereocenters. The highest BCUT2D eigenvalue weighted by Crippen LogP contribution is 2.44. The van der Waals surface area contributed by atoms with E-state index in [1.54, 1.807) is 24.3 Å². The van der Waals surface area contributed by atoms with Gasteiger partial charge in [-0.15, -0.1) is 0 Å². The van der Waals surface area contributed by atoms with Gasteiger partial charge in [-0.25, -0.2) is 9.18 Å². The van der Waals surface area contributed by atoms with E-state index in [9.17, 15) is 14.3 Å². The molecule has 0 fully saturated rings. The van der Waals surface area contributed by atoms with Gasteiger partial charge in [-0.05, 0) is 36.2 Å². The molecule has 3 rings (SSSR count). The second-order valence-electron chi connectivity index (χ2n) is 5.22. The number of rotatable bonds is 2. The summed E-state index contributed by atoms with van der Waals surface area (Å²) in [5.74, 6) is -1.52. The fraction of sp³-hybridized carbons (Fsp3) is 0.188. The molecule has 0 saturated carbocycles. The predicted molar refractivity (Wildman–Crippen MR) is 84.4 cm³/mol. The van der Waals surface area contributed by atoms with Gasteiger partial charge in [0.2, 0.25) is 0 Å². The number of aliphatic carboxylic acids is 1. The second-order valence-corrected chi connectivity index (χ2v) is 6.07. The minimum Gasteiger partial charge on any atom is -0.480 e. The Morgan fingerprint density at radius 1 is 1.23 bits per heavy atom. The van der Waals surface area contributed by atoms with Gasteiger partial charge in [0.25, 0.3) is 0 Å². The maximum Gasteiger partial charge on any atom is 0.326 e. The highest BCUT2D eigenvalue weighted by atomic mass is 35.5. The van der Waals surface area contributed by atoms with Crippen molar-refractivity contribution in [3.05, 3.63) is 63.4 Å². The number of carboxylic acid groups (broad SMARTS) is 1. The Morgan fingerprint density at radius 3 is 2.55 bits per heavy atom. The van der Waals surface area contributed by atoms with E-state index in [2.05, 4.69) is 5.32 Å². The lowest BCUT2D eigenvalue weighted by atomic mass is 9.82. The monoisotopic (exact) mass is 339 g/mol. The molecule has 0 saturated heterocycles. The van der Waals surface area contributed by atoms with Crippen LogP contribution in [0.25, 0.3) is 0 Å². The van der Waals surface area contributed by atoms with Crippen LogP contribution >= 0.6 is 23.2 Å². The van der Waals surface area contributed by atoms with E-state index in [1.165, 1.54) is 12.1 Å². The van der Waals surface area contributed by atoms with Crippen molar-refractivity contribution in [2.45, 2.75) is 18.4 Å². The number of nitrogens with one attached hydrogen (secondary N) is 1. The van der Waals surface area contributed by atoms with Crippen molar-refractivity contribution in [3.63, 3.8) is 0 Å². The predicted octanol–water partition coefficient (Wildman–Crippen LogP) is 4.53. The van der Waals surface area contributed by atoms with Gasteiger partial charge in [0, 0.05) is 27.2 Å². The first-order valence-corrected chi connectivity index (χ1v) is 7.45. The van der Waals surface area contributed by atoms with Gasteiger partial charge in [-0.1, -0.05) is 35.3 Å². The summed E-state index contributed by atoms with van der Waals surface area (Å²) in [7, 11) is 0. The van der Waals surface area contributed by atoms with Gasteiger partial charge in [0.1, 0.15) is 11.9 Å². The van der Waals surface area contributed by atoms with Crippen molar-refractivity contribution in [3.8, 4) is 0 Å². The van der Waals surface area contributed by atoms with Crippen molar-refractivity contribution in [2.75, 3.05) is 5.32 Å². The quantitative estimate of drug-likeness (QED) is 0.844. The summed E-state index contributed by atoms with van der Waals surface area (Å²) < 4.78 is 13.1. The summed E-state index contributed by atoms with van der Waals surface area (Å²) >= 11 is 12.3. The number of fused-ring (bicyclic) bond motifs is 1. The third kappa shape index (κ3) is 2.76. The van der Waals surface area contributed by atoms with E-state index in [4.69, 9.17) is 23.2 Å². The molecule has 0 aliphatic carbocycles. The zero-order valence-electron chi connectivity index (χ0n) is 11.3. The molecule has 0 aromatic heterocycles. The zero-order valence-corrected chi connectivity index (χ0v) is 12.8. The minimum absolute atomic E-state index is 0.234. The zero-order chi connectivity index (χ0) is 15.9. The van der Waals surface area contributed by atoms with Crippen LogP contribution in [0, 0.1) is 5.82 Å². The lowest BCUT2D eigenvalue weighted by molar-refractivity contribution is -0.138. The molecular formula is C16H12Cl2FNO2. The Kier molecular flexibility index (Phi) is 3.98. The molecular weight excluding hydrogens is 328 g/mol. The van der Waals surface area contributed by atoms with Crippen LogP contribution in [0.2, 0.25) is 10.0 Å². The summed E-state index contributed by atoms with van der Waals surface area (Å²) in [5.41, 5.74) is 2.21. The minimum atomic E-state index is -0.950. The third-order valence-electron chi connectivity index (χ3n) is 3.81. The van der Waals surface area contributed by atoms with E-state index in [0.29, 0.717) is 22.2 Å². The van der Waals surface area contributed by atoms with Crippen molar-refractivity contribution in [1.82, 2.24) is 0 Å². The second kappa shape index (κ2) is 5.78. The van der Waals surface area contributed by atoms with Gasteiger partial charge in [0.15, 0.2) is 0 Å². The molecule has 1 aliphatic rings. The van der Waals surface area contributed by atoms with Crippen LogP contribution in [0.4, 0.5) is 10.1 Å². The lowest BCUT2D eigenvalue weighted by Gasteiger charge is -2.32. The summed E-state index contributed by atoms with van der Waals surface area (Å²) in [6, 6.07) is 8.55. The maximum absolute atomic E-state index is 13.1. The van der Waals surface area contributed by atoms with Crippen molar-refractivity contribution in [1.29, 1.82) is 0 Å². The van der Waals surface area contributed by atoms with E-state index >= 15 is 0 Å². The molecule has 1 heterocycles. The summed E-state index contributed by atoms with van der Waals surface area (Å²) in [6.07, 6.45) is 0.329. The Hall–Kier alpha value is -1.78. The summed E-state index contributed by atoms with van der Waals surface area (Å²) in [6.45, 7) is 0. The SMILES string of the molecule is O=C(O)C1CC(c2ccc(F)cc2)c2c(Cl)cc(Cl)cc2N1. The topological polar surface area (TPSA) is 49.3 Å².